The zero-order chi connectivity index (χ0) is 24.2. The largest absolute Gasteiger partial charge is 0.341 e. The van der Waals surface area contributed by atoms with E-state index >= 15 is 0 Å². The number of hydrogen-bond donors (Lipinski definition) is 2. The van der Waals surface area contributed by atoms with Gasteiger partial charge in [-0.05, 0) is 54.3 Å². The van der Waals surface area contributed by atoms with E-state index in [4.69, 9.17) is 0 Å². The number of piperazine rings is 1. The molecular weight excluding hydrogens is 423 g/mol. The summed E-state index contributed by atoms with van der Waals surface area (Å²) in [4.78, 5) is 41.0. The highest BCUT2D eigenvalue weighted by Crippen LogP contribution is 2.22. The van der Waals surface area contributed by atoms with Gasteiger partial charge in [0.2, 0.25) is 5.91 Å². The zero-order valence-electron chi connectivity index (χ0n) is 19.5. The Morgan fingerprint density at radius 3 is 1.97 bits per heavy atom. The van der Waals surface area contributed by atoms with E-state index in [1.165, 1.54) is 24.3 Å². The molecule has 1 aliphatic heterocycles. The van der Waals surface area contributed by atoms with Gasteiger partial charge in [0.25, 0.3) is 5.91 Å². The summed E-state index contributed by atoms with van der Waals surface area (Å²) in [6, 6.07) is 12.0. The molecule has 1 saturated heterocycles. The summed E-state index contributed by atoms with van der Waals surface area (Å²) in [6.07, 6.45) is 0. The van der Waals surface area contributed by atoms with Gasteiger partial charge in [0.05, 0.1) is 0 Å². The number of amides is 4. The van der Waals surface area contributed by atoms with Crippen molar-refractivity contribution in [3.05, 3.63) is 65.5 Å². The lowest BCUT2D eigenvalue weighted by Gasteiger charge is -2.36. The maximum Gasteiger partial charge on any atom is 0.321 e. The molecule has 0 aromatic heterocycles. The molecule has 0 aliphatic carbocycles. The number of nitrogens with zero attached hydrogens (tertiary/aromatic N) is 2. The van der Waals surface area contributed by atoms with Crippen LogP contribution >= 0.6 is 0 Å². The van der Waals surface area contributed by atoms with Gasteiger partial charge in [0.1, 0.15) is 11.9 Å². The average molecular weight is 455 g/mol. The number of benzene rings is 2. The van der Waals surface area contributed by atoms with E-state index in [1.54, 1.807) is 28.9 Å². The van der Waals surface area contributed by atoms with E-state index in [2.05, 4.69) is 31.4 Å². The first-order chi connectivity index (χ1) is 15.5. The summed E-state index contributed by atoms with van der Waals surface area (Å²) in [5, 5.41) is 5.49. The third kappa shape index (κ3) is 6.31. The Morgan fingerprint density at radius 2 is 1.42 bits per heavy atom. The number of halogens is 1. The van der Waals surface area contributed by atoms with Crippen LogP contribution in [0.5, 0.6) is 0 Å². The summed E-state index contributed by atoms with van der Waals surface area (Å²) in [6.45, 7) is 9.46. The molecule has 7 nitrogen and oxygen atoms in total. The second-order valence-corrected chi connectivity index (χ2v) is 9.27. The van der Waals surface area contributed by atoms with Crippen molar-refractivity contribution < 1.29 is 18.8 Å². The molecule has 4 amide bonds. The predicted octanol–water partition coefficient (Wildman–Crippen LogP) is 3.62. The molecule has 0 bridgehead atoms. The van der Waals surface area contributed by atoms with Crippen molar-refractivity contribution in [1.82, 2.24) is 15.1 Å². The monoisotopic (exact) mass is 454 g/mol. The van der Waals surface area contributed by atoms with Gasteiger partial charge >= 0.3 is 6.03 Å². The molecule has 0 radical (unpaired) electrons. The molecule has 176 valence electrons. The van der Waals surface area contributed by atoms with Gasteiger partial charge in [0, 0.05) is 37.4 Å². The number of nitrogens with one attached hydrogen (secondary N) is 2. The lowest BCUT2D eigenvalue weighted by molar-refractivity contribution is -0.134. The highest BCUT2D eigenvalue weighted by atomic mass is 19.1. The highest BCUT2D eigenvalue weighted by molar-refractivity contribution is 5.97. The Balaban J connectivity index is 1.49. The molecule has 0 saturated carbocycles. The minimum atomic E-state index is -0.681. The molecule has 1 fully saturated rings. The second kappa shape index (κ2) is 10.0. The van der Waals surface area contributed by atoms with Crippen molar-refractivity contribution in [3.63, 3.8) is 0 Å². The summed E-state index contributed by atoms with van der Waals surface area (Å²) in [7, 11) is 0. The SMILES string of the molecule is CC(NC(=O)c1ccc(C(C)(C)C)cc1)C(=O)N1CCN(C(=O)Nc2ccc(F)cc2)CC1. The highest BCUT2D eigenvalue weighted by Gasteiger charge is 2.28. The predicted molar refractivity (Wildman–Crippen MR) is 126 cm³/mol. The molecule has 1 unspecified atom stereocenters. The average Bonchev–Trinajstić information content (AvgIpc) is 2.79. The van der Waals surface area contributed by atoms with Gasteiger partial charge in [-0.1, -0.05) is 32.9 Å². The Kier molecular flexibility index (Phi) is 7.36. The van der Waals surface area contributed by atoms with Crippen molar-refractivity contribution >= 4 is 23.5 Å². The smallest absolute Gasteiger partial charge is 0.321 e. The van der Waals surface area contributed by atoms with Gasteiger partial charge in [-0.25, -0.2) is 9.18 Å². The fraction of sp³-hybridized carbons (Fsp3) is 0.400. The fourth-order valence-electron chi connectivity index (χ4n) is 3.60. The van der Waals surface area contributed by atoms with Crippen molar-refractivity contribution in [3.8, 4) is 0 Å². The van der Waals surface area contributed by atoms with Gasteiger partial charge < -0.3 is 20.4 Å². The van der Waals surface area contributed by atoms with Crippen LogP contribution in [0.2, 0.25) is 0 Å². The molecule has 1 atom stereocenters. The Morgan fingerprint density at radius 1 is 0.879 bits per heavy atom. The van der Waals surface area contributed by atoms with Crippen LogP contribution in [0.4, 0.5) is 14.9 Å². The lowest BCUT2D eigenvalue weighted by Crippen LogP contribution is -2.55. The normalized spacial score (nSPS) is 15.1. The summed E-state index contributed by atoms with van der Waals surface area (Å²) in [5.74, 6) is -0.856. The topological polar surface area (TPSA) is 81.8 Å². The van der Waals surface area contributed by atoms with Crippen LogP contribution in [0.3, 0.4) is 0 Å². The third-order valence-corrected chi connectivity index (χ3v) is 5.71. The standard InChI is InChI=1S/C25H31FN4O3/c1-17(27-22(31)18-5-7-19(8-6-18)25(2,3)4)23(32)29-13-15-30(16-14-29)24(33)28-21-11-9-20(26)10-12-21/h5-12,17H,13-16H2,1-4H3,(H,27,31)(H,28,33). The Bertz CT molecular complexity index is 992. The van der Waals surface area contributed by atoms with E-state index in [9.17, 15) is 18.8 Å². The number of carbonyl (C=O) groups is 3. The third-order valence-electron chi connectivity index (χ3n) is 5.71. The molecule has 0 spiro atoms. The van der Waals surface area contributed by atoms with E-state index in [1.807, 2.05) is 12.1 Å². The maximum absolute atomic E-state index is 13.0. The molecule has 33 heavy (non-hydrogen) atoms. The number of rotatable bonds is 4. The lowest BCUT2D eigenvalue weighted by atomic mass is 9.86. The maximum atomic E-state index is 13.0. The van der Waals surface area contributed by atoms with Crippen LogP contribution in [0.25, 0.3) is 0 Å². The van der Waals surface area contributed by atoms with Crippen molar-refractivity contribution in [2.45, 2.75) is 39.2 Å². The Hall–Kier alpha value is -3.42. The minimum Gasteiger partial charge on any atom is -0.341 e. The van der Waals surface area contributed by atoms with E-state index in [0.29, 0.717) is 37.4 Å². The number of hydrogen-bond acceptors (Lipinski definition) is 3. The van der Waals surface area contributed by atoms with E-state index in [-0.39, 0.29) is 29.1 Å². The van der Waals surface area contributed by atoms with Crippen LogP contribution in [0.1, 0.15) is 43.6 Å². The molecule has 8 heteroatoms. The Labute approximate surface area is 193 Å². The van der Waals surface area contributed by atoms with Gasteiger partial charge in [-0.15, -0.1) is 0 Å². The zero-order valence-corrected chi connectivity index (χ0v) is 19.5. The molecule has 2 N–H and O–H groups in total. The van der Waals surface area contributed by atoms with E-state index < -0.39 is 6.04 Å². The molecule has 2 aromatic rings. The molecule has 2 aromatic carbocycles. The molecule has 3 rings (SSSR count). The van der Waals surface area contributed by atoms with Crippen LogP contribution in [0.15, 0.2) is 48.5 Å². The quantitative estimate of drug-likeness (QED) is 0.740. The van der Waals surface area contributed by atoms with Crippen LogP contribution in [-0.2, 0) is 10.2 Å². The van der Waals surface area contributed by atoms with Crippen LogP contribution < -0.4 is 10.6 Å². The molecule has 1 heterocycles. The van der Waals surface area contributed by atoms with E-state index in [0.717, 1.165) is 5.56 Å². The number of urea groups is 1. The van der Waals surface area contributed by atoms with Gasteiger partial charge in [-0.2, -0.15) is 0 Å². The minimum absolute atomic E-state index is 0.00364. The first-order valence-corrected chi connectivity index (χ1v) is 11.1. The van der Waals surface area contributed by atoms with Gasteiger partial charge in [-0.3, -0.25) is 9.59 Å². The summed E-state index contributed by atoms with van der Waals surface area (Å²) < 4.78 is 13.0. The first-order valence-electron chi connectivity index (χ1n) is 11.1. The van der Waals surface area contributed by atoms with Crippen molar-refractivity contribution in [2.75, 3.05) is 31.5 Å². The number of carbonyl (C=O) groups excluding carboxylic acids is 3. The van der Waals surface area contributed by atoms with Crippen LogP contribution in [0, 0.1) is 5.82 Å². The molecule has 1 aliphatic rings. The fourth-order valence-corrected chi connectivity index (χ4v) is 3.60. The van der Waals surface area contributed by atoms with Crippen molar-refractivity contribution in [2.24, 2.45) is 0 Å². The second-order valence-electron chi connectivity index (χ2n) is 9.27. The van der Waals surface area contributed by atoms with Crippen LogP contribution in [-0.4, -0.2) is 59.9 Å². The number of anilines is 1. The van der Waals surface area contributed by atoms with Gasteiger partial charge in [0.15, 0.2) is 0 Å². The summed E-state index contributed by atoms with van der Waals surface area (Å²) in [5.41, 5.74) is 2.14. The van der Waals surface area contributed by atoms with Crippen molar-refractivity contribution in [1.29, 1.82) is 0 Å². The first kappa shape index (κ1) is 24.2. The summed E-state index contributed by atoms with van der Waals surface area (Å²) >= 11 is 0. The molecular formula is C25H31FN4O3.